The molecule has 3 rings (SSSR count). The van der Waals surface area contributed by atoms with Crippen LogP contribution in [0.25, 0.3) is 11.5 Å². The van der Waals surface area contributed by atoms with Gasteiger partial charge in [0.2, 0.25) is 5.82 Å². The molecule has 6 nitrogen and oxygen atoms in total. The van der Waals surface area contributed by atoms with E-state index in [-0.39, 0.29) is 11.4 Å². The summed E-state index contributed by atoms with van der Waals surface area (Å²) in [6, 6.07) is 5.88. The zero-order valence-corrected chi connectivity index (χ0v) is 11.2. The van der Waals surface area contributed by atoms with Gasteiger partial charge in [-0.15, -0.1) is 0 Å². The van der Waals surface area contributed by atoms with E-state index < -0.39 is 0 Å². The molecule has 6 heteroatoms. The molecule has 0 bridgehead atoms. The summed E-state index contributed by atoms with van der Waals surface area (Å²) in [6.07, 6.45) is 6.05. The second-order valence-electron chi connectivity index (χ2n) is 4.53. The molecular formula is C14H13N5O. The Labute approximate surface area is 115 Å². The van der Waals surface area contributed by atoms with Gasteiger partial charge >= 0.3 is 0 Å². The lowest BCUT2D eigenvalue weighted by atomic mass is 10.1. The Kier molecular flexibility index (Phi) is 2.90. The summed E-state index contributed by atoms with van der Waals surface area (Å²) in [4.78, 5) is 20.4. The van der Waals surface area contributed by atoms with E-state index in [0.29, 0.717) is 0 Å². The summed E-state index contributed by atoms with van der Waals surface area (Å²) in [6.45, 7) is 4.05. The fourth-order valence-corrected chi connectivity index (χ4v) is 1.95. The van der Waals surface area contributed by atoms with Crippen LogP contribution in [-0.4, -0.2) is 24.3 Å². The predicted molar refractivity (Wildman–Crippen MR) is 74.2 cm³/mol. The van der Waals surface area contributed by atoms with Crippen LogP contribution in [0.5, 0.6) is 0 Å². The summed E-state index contributed by atoms with van der Waals surface area (Å²) in [5.41, 5.74) is 2.89. The average molecular weight is 267 g/mol. The molecule has 0 amide bonds. The van der Waals surface area contributed by atoms with Crippen molar-refractivity contribution in [2.45, 2.75) is 13.8 Å². The van der Waals surface area contributed by atoms with Crippen molar-refractivity contribution < 1.29 is 0 Å². The minimum atomic E-state index is -0.235. The topological polar surface area (TPSA) is 65.6 Å². The maximum absolute atomic E-state index is 12.5. The lowest BCUT2D eigenvalue weighted by Gasteiger charge is -2.09. The third-order valence-corrected chi connectivity index (χ3v) is 3.23. The molecule has 1 aromatic carbocycles. The van der Waals surface area contributed by atoms with Gasteiger partial charge in [-0.05, 0) is 37.1 Å². The molecule has 100 valence electrons. The van der Waals surface area contributed by atoms with Crippen molar-refractivity contribution in [3.63, 3.8) is 0 Å². The minimum absolute atomic E-state index is 0.225. The minimum Gasteiger partial charge on any atom is -0.280 e. The Bertz CT molecular complexity index is 805. The molecule has 0 saturated carbocycles. The maximum atomic E-state index is 12.5. The van der Waals surface area contributed by atoms with Gasteiger partial charge in [-0.3, -0.25) is 9.36 Å². The van der Waals surface area contributed by atoms with Crippen LogP contribution in [0.1, 0.15) is 11.1 Å². The SMILES string of the molecule is Cc1ccc(-n2ccnc(-n3cncn3)c2=O)cc1C. The molecule has 2 aromatic heterocycles. The Morgan fingerprint density at radius 3 is 2.70 bits per heavy atom. The number of hydrogen-bond acceptors (Lipinski definition) is 4. The van der Waals surface area contributed by atoms with Gasteiger partial charge in [-0.25, -0.2) is 9.97 Å². The number of aromatic nitrogens is 5. The lowest BCUT2D eigenvalue weighted by molar-refractivity contribution is 0.800. The van der Waals surface area contributed by atoms with Crippen molar-refractivity contribution in [2.75, 3.05) is 0 Å². The lowest BCUT2D eigenvalue weighted by Crippen LogP contribution is -2.24. The first-order valence-corrected chi connectivity index (χ1v) is 6.17. The Morgan fingerprint density at radius 1 is 1.15 bits per heavy atom. The number of hydrogen-bond donors (Lipinski definition) is 0. The van der Waals surface area contributed by atoms with E-state index in [4.69, 9.17) is 0 Å². The second kappa shape index (κ2) is 4.73. The first-order valence-electron chi connectivity index (χ1n) is 6.17. The number of aryl methyl sites for hydroxylation is 2. The van der Waals surface area contributed by atoms with Crippen molar-refractivity contribution >= 4 is 0 Å². The first kappa shape index (κ1) is 12.3. The fourth-order valence-electron chi connectivity index (χ4n) is 1.95. The van der Waals surface area contributed by atoms with Crippen molar-refractivity contribution in [1.29, 1.82) is 0 Å². The zero-order chi connectivity index (χ0) is 14.1. The molecule has 0 aliphatic carbocycles. The highest BCUT2D eigenvalue weighted by atomic mass is 16.1. The molecule has 0 atom stereocenters. The molecule has 0 aliphatic heterocycles. The van der Waals surface area contributed by atoms with Crippen LogP contribution in [0, 0.1) is 13.8 Å². The predicted octanol–water partition coefficient (Wildman–Crippen LogP) is 1.43. The third kappa shape index (κ3) is 2.01. The highest BCUT2D eigenvalue weighted by molar-refractivity contribution is 5.40. The van der Waals surface area contributed by atoms with E-state index in [1.165, 1.54) is 22.9 Å². The van der Waals surface area contributed by atoms with Gasteiger partial charge in [0.05, 0.1) is 0 Å². The fraction of sp³-hybridized carbons (Fsp3) is 0.143. The monoisotopic (exact) mass is 267 g/mol. The zero-order valence-electron chi connectivity index (χ0n) is 11.2. The highest BCUT2D eigenvalue weighted by Crippen LogP contribution is 2.12. The molecule has 20 heavy (non-hydrogen) atoms. The number of nitrogens with zero attached hydrogens (tertiary/aromatic N) is 5. The molecule has 0 radical (unpaired) electrons. The van der Waals surface area contributed by atoms with Crippen LogP contribution in [0.3, 0.4) is 0 Å². The smallest absolute Gasteiger partial charge is 0.280 e. The van der Waals surface area contributed by atoms with Gasteiger partial charge in [0.1, 0.15) is 12.7 Å². The van der Waals surface area contributed by atoms with Gasteiger partial charge < -0.3 is 0 Å². The van der Waals surface area contributed by atoms with Crippen molar-refractivity contribution in [3.8, 4) is 11.5 Å². The number of rotatable bonds is 2. The molecule has 0 spiro atoms. The maximum Gasteiger partial charge on any atom is 0.300 e. The summed E-state index contributed by atoms with van der Waals surface area (Å²) in [5.74, 6) is 0.225. The summed E-state index contributed by atoms with van der Waals surface area (Å²) in [7, 11) is 0. The van der Waals surface area contributed by atoms with Crippen LogP contribution in [0.15, 0.2) is 48.0 Å². The van der Waals surface area contributed by atoms with E-state index in [0.717, 1.165) is 11.3 Å². The van der Waals surface area contributed by atoms with E-state index in [1.807, 2.05) is 32.0 Å². The molecule has 3 aromatic rings. The quantitative estimate of drug-likeness (QED) is 0.704. The molecule has 0 fully saturated rings. The summed E-state index contributed by atoms with van der Waals surface area (Å²) < 4.78 is 2.91. The molecule has 0 N–H and O–H groups in total. The largest absolute Gasteiger partial charge is 0.300 e. The number of benzene rings is 1. The van der Waals surface area contributed by atoms with Crippen molar-refractivity contribution in [2.24, 2.45) is 0 Å². The Morgan fingerprint density at radius 2 is 2.00 bits per heavy atom. The highest BCUT2D eigenvalue weighted by Gasteiger charge is 2.09. The standard InChI is InChI=1S/C14H13N5O/c1-10-3-4-12(7-11(10)2)18-6-5-16-13(14(18)20)19-9-15-8-17-19/h3-9H,1-2H3. The van der Waals surface area contributed by atoms with Crippen LogP contribution < -0.4 is 5.56 Å². The van der Waals surface area contributed by atoms with Crippen molar-refractivity contribution in [3.05, 3.63) is 64.7 Å². The molecule has 0 aliphatic rings. The second-order valence-corrected chi connectivity index (χ2v) is 4.53. The van der Waals surface area contributed by atoms with Gasteiger partial charge in [0.25, 0.3) is 5.56 Å². The van der Waals surface area contributed by atoms with Gasteiger partial charge in [0, 0.05) is 18.1 Å². The third-order valence-electron chi connectivity index (χ3n) is 3.23. The van der Waals surface area contributed by atoms with Gasteiger partial charge in [-0.1, -0.05) is 6.07 Å². The van der Waals surface area contributed by atoms with Crippen molar-refractivity contribution in [1.82, 2.24) is 24.3 Å². The molecule has 2 heterocycles. The molecule has 0 unspecified atom stereocenters. The van der Waals surface area contributed by atoms with E-state index >= 15 is 0 Å². The van der Waals surface area contributed by atoms with Crippen LogP contribution >= 0.6 is 0 Å². The summed E-state index contributed by atoms with van der Waals surface area (Å²) in [5, 5.41) is 3.94. The van der Waals surface area contributed by atoms with Gasteiger partial charge in [-0.2, -0.15) is 9.78 Å². The van der Waals surface area contributed by atoms with E-state index in [2.05, 4.69) is 15.1 Å². The van der Waals surface area contributed by atoms with E-state index in [9.17, 15) is 4.79 Å². The molecular weight excluding hydrogens is 254 g/mol. The Balaban J connectivity index is 2.18. The first-order chi connectivity index (χ1) is 9.66. The summed E-state index contributed by atoms with van der Waals surface area (Å²) >= 11 is 0. The van der Waals surface area contributed by atoms with Gasteiger partial charge in [0.15, 0.2) is 0 Å². The average Bonchev–Trinajstić information content (AvgIpc) is 2.96. The van der Waals surface area contributed by atoms with Crippen LogP contribution in [-0.2, 0) is 0 Å². The Hall–Kier alpha value is -2.76. The van der Waals surface area contributed by atoms with Crippen LogP contribution in [0.4, 0.5) is 0 Å². The van der Waals surface area contributed by atoms with E-state index in [1.54, 1.807) is 17.0 Å². The normalized spacial score (nSPS) is 10.7. The molecule has 0 saturated heterocycles. The van der Waals surface area contributed by atoms with Crippen LogP contribution in [0.2, 0.25) is 0 Å².